The SMILES string of the molecule is N#CC1CCCN(C(=O)c2cccc(Br)c2F)C1. The minimum Gasteiger partial charge on any atom is -0.337 e. The van der Waals surface area contributed by atoms with Crippen LogP contribution in [0.1, 0.15) is 23.2 Å². The van der Waals surface area contributed by atoms with E-state index >= 15 is 0 Å². The summed E-state index contributed by atoms with van der Waals surface area (Å²) in [4.78, 5) is 13.7. The number of amides is 1. The van der Waals surface area contributed by atoms with Crippen LogP contribution in [0.25, 0.3) is 0 Å². The van der Waals surface area contributed by atoms with Gasteiger partial charge in [-0.25, -0.2) is 4.39 Å². The Balaban J connectivity index is 2.21. The fourth-order valence-electron chi connectivity index (χ4n) is 2.11. The summed E-state index contributed by atoms with van der Waals surface area (Å²) < 4.78 is 14.1. The van der Waals surface area contributed by atoms with Gasteiger partial charge in [0.2, 0.25) is 0 Å². The quantitative estimate of drug-likeness (QED) is 0.800. The third kappa shape index (κ3) is 2.54. The lowest BCUT2D eigenvalue weighted by atomic mass is 9.99. The molecular weight excluding hydrogens is 299 g/mol. The van der Waals surface area contributed by atoms with Gasteiger partial charge >= 0.3 is 0 Å². The van der Waals surface area contributed by atoms with Gasteiger partial charge < -0.3 is 4.90 Å². The number of likely N-dealkylation sites (tertiary alicyclic amines) is 1. The molecule has 1 aromatic rings. The molecule has 2 rings (SSSR count). The van der Waals surface area contributed by atoms with Crippen molar-refractivity contribution in [2.75, 3.05) is 13.1 Å². The van der Waals surface area contributed by atoms with E-state index < -0.39 is 5.82 Å². The summed E-state index contributed by atoms with van der Waals surface area (Å²) in [6.45, 7) is 0.976. The number of halogens is 2. The Kier molecular flexibility index (Phi) is 3.97. The standard InChI is InChI=1S/C13H12BrFN2O/c14-11-5-1-4-10(12(11)15)13(18)17-6-2-3-9(7-16)8-17/h1,4-5,9H,2-3,6,8H2. The summed E-state index contributed by atoms with van der Waals surface area (Å²) >= 11 is 3.07. The zero-order valence-electron chi connectivity index (χ0n) is 9.70. The third-order valence-electron chi connectivity index (χ3n) is 3.07. The predicted molar refractivity (Wildman–Crippen MR) is 68.3 cm³/mol. The molecule has 0 spiro atoms. The van der Waals surface area contributed by atoms with E-state index in [0.717, 1.165) is 12.8 Å². The van der Waals surface area contributed by atoms with Crippen LogP contribution in [-0.2, 0) is 0 Å². The number of benzene rings is 1. The van der Waals surface area contributed by atoms with Gasteiger partial charge in [0.1, 0.15) is 5.82 Å². The van der Waals surface area contributed by atoms with Gasteiger partial charge in [-0.05, 0) is 40.9 Å². The maximum atomic E-state index is 13.8. The monoisotopic (exact) mass is 310 g/mol. The molecule has 1 heterocycles. The zero-order valence-corrected chi connectivity index (χ0v) is 11.3. The van der Waals surface area contributed by atoms with E-state index in [1.54, 1.807) is 17.0 Å². The Labute approximate surface area is 113 Å². The summed E-state index contributed by atoms with van der Waals surface area (Å²) in [6.07, 6.45) is 1.60. The van der Waals surface area contributed by atoms with Crippen molar-refractivity contribution in [2.24, 2.45) is 5.92 Å². The van der Waals surface area contributed by atoms with E-state index in [0.29, 0.717) is 13.1 Å². The van der Waals surface area contributed by atoms with Crippen LogP contribution < -0.4 is 0 Å². The first-order valence-electron chi connectivity index (χ1n) is 5.76. The number of carbonyl (C=O) groups is 1. The maximum absolute atomic E-state index is 13.8. The zero-order chi connectivity index (χ0) is 13.1. The van der Waals surface area contributed by atoms with Crippen LogP contribution in [-0.4, -0.2) is 23.9 Å². The van der Waals surface area contributed by atoms with Gasteiger partial charge in [-0.3, -0.25) is 4.79 Å². The second kappa shape index (κ2) is 5.49. The highest BCUT2D eigenvalue weighted by atomic mass is 79.9. The van der Waals surface area contributed by atoms with E-state index in [-0.39, 0.29) is 21.9 Å². The molecule has 0 saturated carbocycles. The normalized spacial score (nSPS) is 19.4. The second-order valence-electron chi connectivity index (χ2n) is 4.32. The van der Waals surface area contributed by atoms with Crippen LogP contribution in [0.5, 0.6) is 0 Å². The Bertz CT molecular complexity index is 512. The highest BCUT2D eigenvalue weighted by Crippen LogP contribution is 2.22. The molecule has 1 atom stereocenters. The van der Waals surface area contributed by atoms with E-state index in [4.69, 9.17) is 5.26 Å². The molecule has 0 bridgehead atoms. The average molecular weight is 311 g/mol. The molecule has 3 nitrogen and oxygen atoms in total. The van der Waals surface area contributed by atoms with Crippen molar-refractivity contribution in [3.8, 4) is 6.07 Å². The minimum atomic E-state index is -0.540. The molecule has 0 N–H and O–H groups in total. The second-order valence-corrected chi connectivity index (χ2v) is 5.18. The number of nitriles is 1. The van der Waals surface area contributed by atoms with Crippen molar-refractivity contribution in [2.45, 2.75) is 12.8 Å². The van der Waals surface area contributed by atoms with Gasteiger partial charge in [0, 0.05) is 13.1 Å². The number of hydrogen-bond donors (Lipinski definition) is 0. The highest BCUT2D eigenvalue weighted by molar-refractivity contribution is 9.10. The van der Waals surface area contributed by atoms with Crippen molar-refractivity contribution in [1.29, 1.82) is 5.26 Å². The van der Waals surface area contributed by atoms with E-state index in [9.17, 15) is 9.18 Å². The van der Waals surface area contributed by atoms with Crippen molar-refractivity contribution < 1.29 is 9.18 Å². The van der Waals surface area contributed by atoms with E-state index in [1.807, 2.05) is 0 Å². The Morgan fingerprint density at radius 3 is 3.06 bits per heavy atom. The van der Waals surface area contributed by atoms with Gasteiger partial charge in [0.25, 0.3) is 5.91 Å². The first kappa shape index (κ1) is 13.0. The van der Waals surface area contributed by atoms with Crippen LogP contribution >= 0.6 is 15.9 Å². The molecule has 1 aromatic carbocycles. The lowest BCUT2D eigenvalue weighted by Gasteiger charge is -2.29. The van der Waals surface area contributed by atoms with Crippen LogP contribution in [0.3, 0.4) is 0 Å². The Morgan fingerprint density at radius 2 is 2.33 bits per heavy atom. The first-order chi connectivity index (χ1) is 8.63. The lowest BCUT2D eigenvalue weighted by molar-refractivity contribution is 0.0694. The molecule has 0 radical (unpaired) electrons. The third-order valence-corrected chi connectivity index (χ3v) is 3.69. The molecule has 18 heavy (non-hydrogen) atoms. The summed E-state index contributed by atoms with van der Waals surface area (Å²) in [5.41, 5.74) is 0.0583. The molecule has 5 heteroatoms. The van der Waals surface area contributed by atoms with E-state index in [1.165, 1.54) is 6.07 Å². The first-order valence-corrected chi connectivity index (χ1v) is 6.55. The van der Waals surface area contributed by atoms with Crippen molar-refractivity contribution in [3.63, 3.8) is 0 Å². The van der Waals surface area contributed by atoms with Crippen LogP contribution in [0.4, 0.5) is 4.39 Å². The summed E-state index contributed by atoms with van der Waals surface area (Å²) in [5, 5.41) is 8.89. The molecule has 1 aliphatic heterocycles. The Hall–Kier alpha value is -1.41. The fourth-order valence-corrected chi connectivity index (χ4v) is 2.47. The van der Waals surface area contributed by atoms with Crippen molar-refractivity contribution >= 4 is 21.8 Å². The fraction of sp³-hybridized carbons (Fsp3) is 0.385. The maximum Gasteiger partial charge on any atom is 0.256 e. The molecule has 1 fully saturated rings. The van der Waals surface area contributed by atoms with Gasteiger partial charge in [-0.15, -0.1) is 0 Å². The number of hydrogen-bond acceptors (Lipinski definition) is 2. The van der Waals surface area contributed by atoms with Gasteiger partial charge in [0.15, 0.2) is 0 Å². The summed E-state index contributed by atoms with van der Waals surface area (Å²) in [7, 11) is 0. The van der Waals surface area contributed by atoms with Crippen molar-refractivity contribution in [3.05, 3.63) is 34.1 Å². The van der Waals surface area contributed by atoms with Crippen LogP contribution in [0, 0.1) is 23.1 Å². The predicted octanol–water partition coefficient (Wildman–Crippen LogP) is 2.96. The van der Waals surface area contributed by atoms with Gasteiger partial charge in [-0.2, -0.15) is 5.26 Å². The van der Waals surface area contributed by atoms with E-state index in [2.05, 4.69) is 22.0 Å². The molecular formula is C13H12BrFN2O. The number of piperidine rings is 1. The number of rotatable bonds is 1. The van der Waals surface area contributed by atoms with Crippen LogP contribution in [0.2, 0.25) is 0 Å². The molecule has 0 aliphatic carbocycles. The molecule has 1 aliphatic rings. The number of carbonyl (C=O) groups excluding carboxylic acids is 1. The average Bonchev–Trinajstić information content (AvgIpc) is 2.41. The minimum absolute atomic E-state index is 0.0583. The molecule has 1 amide bonds. The smallest absolute Gasteiger partial charge is 0.256 e. The summed E-state index contributed by atoms with van der Waals surface area (Å²) in [6, 6.07) is 6.83. The van der Waals surface area contributed by atoms with Gasteiger partial charge in [0.05, 0.1) is 22.0 Å². The molecule has 0 aromatic heterocycles. The van der Waals surface area contributed by atoms with Crippen LogP contribution in [0.15, 0.2) is 22.7 Å². The lowest BCUT2D eigenvalue weighted by Crippen LogP contribution is -2.39. The summed E-state index contributed by atoms with van der Waals surface area (Å²) in [5.74, 6) is -1.02. The molecule has 1 saturated heterocycles. The molecule has 94 valence electrons. The topological polar surface area (TPSA) is 44.1 Å². The largest absolute Gasteiger partial charge is 0.337 e. The number of nitrogens with zero attached hydrogens (tertiary/aromatic N) is 2. The van der Waals surface area contributed by atoms with Crippen molar-refractivity contribution in [1.82, 2.24) is 4.90 Å². The van der Waals surface area contributed by atoms with Gasteiger partial charge in [-0.1, -0.05) is 6.07 Å². The molecule has 1 unspecified atom stereocenters. The highest BCUT2D eigenvalue weighted by Gasteiger charge is 2.26. The Morgan fingerprint density at radius 1 is 1.56 bits per heavy atom.